The van der Waals surface area contributed by atoms with Crippen LogP contribution in [0.3, 0.4) is 0 Å². The summed E-state index contributed by atoms with van der Waals surface area (Å²) in [5, 5.41) is 7.08. The van der Waals surface area contributed by atoms with E-state index in [1.54, 1.807) is 23.0 Å². The van der Waals surface area contributed by atoms with Gasteiger partial charge >= 0.3 is 0 Å². The Bertz CT molecular complexity index is 911. The third-order valence-electron chi connectivity index (χ3n) is 6.36. The lowest BCUT2D eigenvalue weighted by Gasteiger charge is -2.42. The Balaban J connectivity index is 1.47. The van der Waals surface area contributed by atoms with E-state index in [9.17, 15) is 9.59 Å². The highest BCUT2D eigenvalue weighted by Crippen LogP contribution is 2.33. The first kappa shape index (κ1) is 21.3. The Hall–Kier alpha value is -2.93. The normalized spacial score (nSPS) is 18.0. The topological polar surface area (TPSA) is 77.6 Å². The fourth-order valence-electron chi connectivity index (χ4n) is 4.39. The van der Waals surface area contributed by atoms with Crippen molar-refractivity contribution in [3.8, 4) is 0 Å². The number of benzene rings is 1. The molecule has 0 bridgehead atoms. The average molecular weight is 422 g/mol. The Morgan fingerprint density at radius 1 is 1.16 bits per heavy atom. The first-order valence-electron chi connectivity index (χ1n) is 11.0. The van der Waals surface area contributed by atoms with E-state index in [1.807, 2.05) is 36.4 Å². The molecule has 1 saturated heterocycles. The number of hydrogen-bond donors (Lipinski definition) is 2. The summed E-state index contributed by atoms with van der Waals surface area (Å²) < 4.78 is 0. The van der Waals surface area contributed by atoms with Gasteiger partial charge in [-0.3, -0.25) is 14.6 Å². The number of amides is 2. The maximum Gasteiger partial charge on any atom is 0.241 e. The van der Waals surface area contributed by atoms with Crippen molar-refractivity contribution >= 4 is 17.5 Å². The van der Waals surface area contributed by atoms with Gasteiger partial charge in [0.1, 0.15) is 6.54 Å². The highest BCUT2D eigenvalue weighted by molar-refractivity contribution is 5.86. The summed E-state index contributed by atoms with van der Waals surface area (Å²) in [7, 11) is 1.80. The van der Waals surface area contributed by atoms with Crippen LogP contribution in [-0.4, -0.2) is 65.4 Å². The lowest BCUT2D eigenvalue weighted by molar-refractivity contribution is -0.141. The number of carbonyl (C=O) groups is 2. The maximum absolute atomic E-state index is 13.3. The summed E-state index contributed by atoms with van der Waals surface area (Å²) in [4.78, 5) is 34.0. The van der Waals surface area contributed by atoms with Crippen molar-refractivity contribution in [3.05, 3.63) is 59.9 Å². The maximum atomic E-state index is 13.3. The van der Waals surface area contributed by atoms with Crippen LogP contribution in [0, 0.1) is 0 Å². The highest BCUT2D eigenvalue weighted by atomic mass is 16.2. The molecule has 3 heterocycles. The minimum atomic E-state index is -0.259. The second-order valence-corrected chi connectivity index (χ2v) is 8.63. The third kappa shape index (κ3) is 5.22. The molecule has 1 spiro atoms. The summed E-state index contributed by atoms with van der Waals surface area (Å²) in [6.07, 6.45) is 4.64. The summed E-state index contributed by atoms with van der Waals surface area (Å²) in [5.41, 5.74) is 2.82. The summed E-state index contributed by atoms with van der Waals surface area (Å²) in [6.45, 7) is 2.89. The van der Waals surface area contributed by atoms with Crippen LogP contribution in [0.15, 0.2) is 48.7 Å². The second-order valence-electron chi connectivity index (χ2n) is 8.63. The van der Waals surface area contributed by atoms with Crippen LogP contribution < -0.4 is 10.6 Å². The van der Waals surface area contributed by atoms with E-state index in [1.165, 1.54) is 0 Å². The van der Waals surface area contributed by atoms with Crippen LogP contribution in [0.25, 0.3) is 0 Å². The van der Waals surface area contributed by atoms with E-state index in [2.05, 4.69) is 21.7 Å². The fraction of sp³-hybridized carbons (Fsp3) is 0.458. The molecule has 0 aliphatic carbocycles. The summed E-state index contributed by atoms with van der Waals surface area (Å²) in [6, 6.07) is 13.9. The van der Waals surface area contributed by atoms with E-state index >= 15 is 0 Å². The number of aromatic nitrogens is 1. The average Bonchev–Trinajstić information content (AvgIpc) is 2.78. The molecule has 1 aromatic heterocycles. The van der Waals surface area contributed by atoms with Crippen LogP contribution >= 0.6 is 0 Å². The molecule has 2 aromatic rings. The van der Waals surface area contributed by atoms with Crippen molar-refractivity contribution in [1.82, 2.24) is 20.1 Å². The summed E-state index contributed by atoms with van der Waals surface area (Å²) >= 11 is 0. The van der Waals surface area contributed by atoms with Crippen molar-refractivity contribution in [3.63, 3.8) is 0 Å². The Morgan fingerprint density at radius 3 is 2.71 bits per heavy atom. The zero-order chi connectivity index (χ0) is 21.7. The summed E-state index contributed by atoms with van der Waals surface area (Å²) in [5.74, 6) is -0.00923. The van der Waals surface area contributed by atoms with Crippen LogP contribution in [0.2, 0.25) is 0 Å². The van der Waals surface area contributed by atoms with E-state index < -0.39 is 0 Å². The number of piperidine rings is 1. The van der Waals surface area contributed by atoms with Gasteiger partial charge in [0, 0.05) is 56.1 Å². The standard InChI is InChI=1S/C24H31N5O2/c1-28(15-9-20-7-4-5-12-26-20)23(31)18-29-17-19-6-2-3-8-21(19)27-24(16-22(29)30)10-13-25-14-11-24/h2-8,12,25,27H,9-11,13-18H2,1H3. The lowest BCUT2D eigenvalue weighted by atomic mass is 9.83. The first-order valence-corrected chi connectivity index (χ1v) is 11.0. The predicted molar refractivity (Wildman–Crippen MR) is 121 cm³/mol. The SMILES string of the molecule is CN(CCc1ccccn1)C(=O)CN1Cc2ccccc2NC2(CCNCC2)CC1=O. The van der Waals surface area contributed by atoms with Gasteiger partial charge in [-0.05, 0) is 49.7 Å². The molecule has 0 unspecified atom stereocenters. The number of nitrogens with zero attached hydrogens (tertiary/aromatic N) is 3. The molecular weight excluding hydrogens is 390 g/mol. The molecular formula is C24H31N5O2. The molecule has 0 saturated carbocycles. The molecule has 7 heteroatoms. The van der Waals surface area contributed by atoms with Gasteiger partial charge in [0.2, 0.25) is 11.8 Å². The lowest BCUT2D eigenvalue weighted by Crippen LogP contribution is -2.53. The Labute approximate surface area is 183 Å². The van der Waals surface area contributed by atoms with Gasteiger partial charge in [0.25, 0.3) is 0 Å². The Morgan fingerprint density at radius 2 is 1.94 bits per heavy atom. The molecule has 7 nitrogen and oxygen atoms in total. The smallest absolute Gasteiger partial charge is 0.241 e. The van der Waals surface area contributed by atoms with Gasteiger partial charge in [-0.15, -0.1) is 0 Å². The van der Waals surface area contributed by atoms with Crippen LogP contribution in [0.1, 0.15) is 30.5 Å². The molecule has 1 aromatic carbocycles. The van der Waals surface area contributed by atoms with E-state index in [4.69, 9.17) is 0 Å². The van der Waals surface area contributed by atoms with Gasteiger partial charge in [-0.25, -0.2) is 0 Å². The van der Waals surface area contributed by atoms with Crippen molar-refractivity contribution < 1.29 is 9.59 Å². The molecule has 2 amide bonds. The molecule has 1 fully saturated rings. The highest BCUT2D eigenvalue weighted by Gasteiger charge is 2.38. The van der Waals surface area contributed by atoms with Crippen LogP contribution in [0.4, 0.5) is 5.69 Å². The largest absolute Gasteiger partial charge is 0.379 e. The van der Waals surface area contributed by atoms with Crippen LogP contribution in [0.5, 0.6) is 0 Å². The van der Waals surface area contributed by atoms with Crippen molar-refractivity contribution in [1.29, 1.82) is 0 Å². The molecule has 4 rings (SSSR count). The van der Waals surface area contributed by atoms with Crippen molar-refractivity contribution in [2.24, 2.45) is 0 Å². The number of carbonyl (C=O) groups excluding carboxylic acids is 2. The number of para-hydroxylation sites is 1. The molecule has 0 radical (unpaired) electrons. The molecule has 2 aliphatic heterocycles. The Kier molecular flexibility index (Phi) is 6.51. The number of pyridine rings is 1. The monoisotopic (exact) mass is 421 g/mol. The minimum Gasteiger partial charge on any atom is -0.379 e. The van der Waals surface area contributed by atoms with E-state index in [0.29, 0.717) is 25.9 Å². The number of hydrogen-bond acceptors (Lipinski definition) is 5. The van der Waals surface area contributed by atoms with Gasteiger partial charge in [0.05, 0.1) is 0 Å². The number of nitrogens with one attached hydrogen (secondary N) is 2. The quantitative estimate of drug-likeness (QED) is 0.773. The molecule has 0 atom stereocenters. The molecule has 2 N–H and O–H groups in total. The number of anilines is 1. The van der Waals surface area contributed by atoms with E-state index in [0.717, 1.165) is 42.9 Å². The molecule has 2 aliphatic rings. The van der Waals surface area contributed by atoms with Gasteiger partial charge in [-0.2, -0.15) is 0 Å². The fourth-order valence-corrected chi connectivity index (χ4v) is 4.39. The third-order valence-corrected chi connectivity index (χ3v) is 6.36. The predicted octanol–water partition coefficient (Wildman–Crippen LogP) is 2.05. The zero-order valence-electron chi connectivity index (χ0n) is 18.1. The van der Waals surface area contributed by atoms with Gasteiger partial charge in [0.15, 0.2) is 0 Å². The van der Waals surface area contributed by atoms with E-state index in [-0.39, 0.29) is 23.9 Å². The number of fused-ring (bicyclic) bond motifs is 1. The second kappa shape index (κ2) is 9.47. The van der Waals surface area contributed by atoms with Gasteiger partial charge in [-0.1, -0.05) is 24.3 Å². The zero-order valence-corrected chi connectivity index (χ0v) is 18.1. The van der Waals surface area contributed by atoms with Crippen LogP contribution in [-0.2, 0) is 22.6 Å². The molecule has 31 heavy (non-hydrogen) atoms. The first-order chi connectivity index (χ1) is 15.0. The number of rotatable bonds is 5. The van der Waals surface area contributed by atoms with Crippen molar-refractivity contribution in [2.45, 2.75) is 37.8 Å². The number of likely N-dealkylation sites (N-methyl/N-ethyl adjacent to an activating group) is 1. The van der Waals surface area contributed by atoms with Crippen molar-refractivity contribution in [2.75, 3.05) is 38.5 Å². The van der Waals surface area contributed by atoms with Gasteiger partial charge < -0.3 is 20.4 Å². The molecule has 164 valence electrons. The minimum absolute atomic E-state index is 0.0374.